The summed E-state index contributed by atoms with van der Waals surface area (Å²) in [7, 11) is 0. The zero-order valence-electron chi connectivity index (χ0n) is 12.6. The maximum Gasteiger partial charge on any atom is 0.258 e. The normalized spacial score (nSPS) is 9.67. The van der Waals surface area contributed by atoms with E-state index in [2.05, 4.69) is 10.6 Å². The van der Waals surface area contributed by atoms with Crippen LogP contribution in [0.3, 0.4) is 0 Å². The lowest BCUT2D eigenvalue weighted by molar-refractivity contribution is -0.125. The third-order valence-electron chi connectivity index (χ3n) is 2.91. The van der Waals surface area contributed by atoms with Crippen LogP contribution in [0.25, 0.3) is 0 Å². The molecule has 2 amide bonds. The lowest BCUT2D eigenvalue weighted by Crippen LogP contribution is -2.35. The first-order chi connectivity index (χ1) is 11.6. The number of nitriles is 1. The SMILES string of the molecule is N#Cc1cccc(NC(=O)CNC(=O)COc2ccc(Cl)cc2)c1. The van der Waals surface area contributed by atoms with Crippen LogP contribution in [0.4, 0.5) is 5.69 Å². The van der Waals surface area contributed by atoms with Crippen LogP contribution in [0.2, 0.25) is 5.02 Å². The number of anilines is 1. The van der Waals surface area contributed by atoms with Gasteiger partial charge in [0.1, 0.15) is 5.75 Å². The molecule has 122 valence electrons. The van der Waals surface area contributed by atoms with E-state index in [-0.39, 0.29) is 13.2 Å². The van der Waals surface area contributed by atoms with E-state index in [1.165, 1.54) is 0 Å². The van der Waals surface area contributed by atoms with Crippen molar-refractivity contribution in [2.75, 3.05) is 18.5 Å². The number of hydrogen-bond acceptors (Lipinski definition) is 4. The number of amides is 2. The first-order valence-electron chi connectivity index (χ1n) is 7.02. The second-order valence-corrected chi connectivity index (χ2v) is 5.20. The fourth-order valence-electron chi connectivity index (χ4n) is 1.78. The van der Waals surface area contributed by atoms with E-state index in [4.69, 9.17) is 21.6 Å². The molecular formula is C17H14ClN3O3. The molecule has 2 rings (SSSR count). The minimum Gasteiger partial charge on any atom is -0.484 e. The van der Waals surface area contributed by atoms with Gasteiger partial charge in [0.05, 0.1) is 18.2 Å². The van der Waals surface area contributed by atoms with Gasteiger partial charge in [0.25, 0.3) is 5.91 Å². The molecule has 6 nitrogen and oxygen atoms in total. The number of nitrogens with one attached hydrogen (secondary N) is 2. The maximum atomic E-state index is 11.8. The summed E-state index contributed by atoms with van der Waals surface area (Å²) in [4.78, 5) is 23.4. The fourth-order valence-corrected chi connectivity index (χ4v) is 1.91. The lowest BCUT2D eigenvalue weighted by atomic mass is 10.2. The van der Waals surface area contributed by atoms with Gasteiger partial charge in [-0.2, -0.15) is 5.26 Å². The largest absolute Gasteiger partial charge is 0.484 e. The molecule has 2 aromatic rings. The van der Waals surface area contributed by atoms with Gasteiger partial charge in [-0.25, -0.2) is 0 Å². The van der Waals surface area contributed by atoms with Crippen LogP contribution in [0.1, 0.15) is 5.56 Å². The van der Waals surface area contributed by atoms with E-state index in [1.54, 1.807) is 48.5 Å². The fraction of sp³-hybridized carbons (Fsp3) is 0.118. The number of halogens is 1. The molecule has 0 aromatic heterocycles. The number of carbonyl (C=O) groups is 2. The molecule has 2 aromatic carbocycles. The van der Waals surface area contributed by atoms with E-state index in [0.717, 1.165) is 0 Å². The number of carbonyl (C=O) groups excluding carboxylic acids is 2. The van der Waals surface area contributed by atoms with Crippen LogP contribution in [-0.4, -0.2) is 25.0 Å². The number of nitrogens with zero attached hydrogens (tertiary/aromatic N) is 1. The second-order valence-electron chi connectivity index (χ2n) is 4.76. The number of ether oxygens (including phenoxy) is 1. The van der Waals surface area contributed by atoms with Gasteiger partial charge in [0.2, 0.25) is 5.91 Å². The summed E-state index contributed by atoms with van der Waals surface area (Å²) >= 11 is 5.75. The summed E-state index contributed by atoms with van der Waals surface area (Å²) < 4.78 is 5.27. The Morgan fingerprint density at radius 2 is 1.88 bits per heavy atom. The molecule has 0 unspecified atom stereocenters. The molecule has 0 heterocycles. The zero-order valence-corrected chi connectivity index (χ0v) is 13.3. The van der Waals surface area contributed by atoms with Crippen LogP contribution < -0.4 is 15.4 Å². The van der Waals surface area contributed by atoms with Crippen LogP contribution >= 0.6 is 11.6 Å². The van der Waals surface area contributed by atoms with Gasteiger partial charge in [-0.3, -0.25) is 9.59 Å². The molecule has 0 spiro atoms. The van der Waals surface area contributed by atoms with Crippen molar-refractivity contribution in [3.63, 3.8) is 0 Å². The average molecular weight is 344 g/mol. The molecule has 0 radical (unpaired) electrons. The Labute approximate surface area is 144 Å². The Morgan fingerprint density at radius 1 is 1.12 bits per heavy atom. The highest BCUT2D eigenvalue weighted by Crippen LogP contribution is 2.15. The van der Waals surface area contributed by atoms with Crippen molar-refractivity contribution in [2.24, 2.45) is 0 Å². The van der Waals surface area contributed by atoms with E-state index < -0.39 is 11.8 Å². The molecule has 24 heavy (non-hydrogen) atoms. The summed E-state index contributed by atoms with van der Waals surface area (Å²) in [6.07, 6.45) is 0. The highest BCUT2D eigenvalue weighted by molar-refractivity contribution is 6.30. The van der Waals surface area contributed by atoms with Gasteiger partial charge in [-0.1, -0.05) is 17.7 Å². The predicted molar refractivity (Wildman–Crippen MR) is 89.7 cm³/mol. The Balaban J connectivity index is 1.73. The zero-order chi connectivity index (χ0) is 17.4. The van der Waals surface area contributed by atoms with Gasteiger partial charge in [-0.05, 0) is 42.5 Å². The minimum absolute atomic E-state index is 0.195. The standard InChI is InChI=1S/C17H14ClN3O3/c18-13-4-6-15(7-5-13)24-11-17(23)20-10-16(22)21-14-3-1-2-12(8-14)9-19/h1-8H,10-11H2,(H,20,23)(H,21,22). The van der Waals surface area contributed by atoms with Crippen LogP contribution in [0.15, 0.2) is 48.5 Å². The third kappa shape index (κ3) is 5.63. The Morgan fingerprint density at radius 3 is 2.58 bits per heavy atom. The van der Waals surface area contributed by atoms with Crippen LogP contribution in [0, 0.1) is 11.3 Å². The Bertz CT molecular complexity index is 769. The van der Waals surface area contributed by atoms with Crippen molar-refractivity contribution in [3.8, 4) is 11.8 Å². The first kappa shape index (κ1) is 17.3. The first-order valence-corrected chi connectivity index (χ1v) is 7.39. The van der Waals surface area contributed by atoms with E-state index in [0.29, 0.717) is 22.0 Å². The van der Waals surface area contributed by atoms with E-state index in [9.17, 15) is 9.59 Å². The van der Waals surface area contributed by atoms with Crippen molar-refractivity contribution in [1.29, 1.82) is 5.26 Å². The summed E-state index contributed by atoms with van der Waals surface area (Å²) in [5, 5.41) is 14.4. The Kier molecular flexibility index (Phi) is 6.17. The van der Waals surface area contributed by atoms with E-state index >= 15 is 0 Å². The molecule has 0 bridgehead atoms. The van der Waals surface area contributed by atoms with Gasteiger partial charge >= 0.3 is 0 Å². The van der Waals surface area contributed by atoms with Crippen molar-refractivity contribution < 1.29 is 14.3 Å². The molecule has 0 atom stereocenters. The van der Waals surface area contributed by atoms with Crippen molar-refractivity contribution in [3.05, 3.63) is 59.1 Å². The second kappa shape index (κ2) is 8.56. The number of benzene rings is 2. The molecule has 0 saturated heterocycles. The highest BCUT2D eigenvalue weighted by Gasteiger charge is 2.07. The highest BCUT2D eigenvalue weighted by atomic mass is 35.5. The molecule has 2 N–H and O–H groups in total. The monoisotopic (exact) mass is 343 g/mol. The number of rotatable bonds is 6. The smallest absolute Gasteiger partial charge is 0.258 e. The molecule has 7 heteroatoms. The van der Waals surface area contributed by atoms with Gasteiger partial charge in [0.15, 0.2) is 6.61 Å². The molecule has 0 fully saturated rings. The molecule has 0 aliphatic heterocycles. The van der Waals surface area contributed by atoms with Gasteiger partial charge < -0.3 is 15.4 Å². The van der Waals surface area contributed by atoms with Gasteiger partial charge in [0, 0.05) is 10.7 Å². The van der Waals surface area contributed by atoms with Crippen molar-refractivity contribution in [1.82, 2.24) is 5.32 Å². The predicted octanol–water partition coefficient (Wildman–Crippen LogP) is 2.35. The average Bonchev–Trinajstić information content (AvgIpc) is 2.59. The van der Waals surface area contributed by atoms with Crippen molar-refractivity contribution in [2.45, 2.75) is 0 Å². The maximum absolute atomic E-state index is 11.8. The molecule has 0 saturated carbocycles. The van der Waals surface area contributed by atoms with Gasteiger partial charge in [-0.15, -0.1) is 0 Å². The number of hydrogen-bond donors (Lipinski definition) is 2. The molecular weight excluding hydrogens is 330 g/mol. The minimum atomic E-state index is -0.425. The molecule has 0 aliphatic rings. The summed E-state index contributed by atoms with van der Waals surface area (Å²) in [6, 6.07) is 15.1. The quantitative estimate of drug-likeness (QED) is 0.842. The van der Waals surface area contributed by atoms with E-state index in [1.807, 2.05) is 6.07 Å². The summed E-state index contributed by atoms with van der Waals surface area (Å²) in [5.41, 5.74) is 0.930. The topological polar surface area (TPSA) is 91.2 Å². The Hall–Kier alpha value is -3.04. The van der Waals surface area contributed by atoms with Crippen LogP contribution in [-0.2, 0) is 9.59 Å². The van der Waals surface area contributed by atoms with Crippen LogP contribution in [0.5, 0.6) is 5.75 Å². The molecule has 0 aliphatic carbocycles. The lowest BCUT2D eigenvalue weighted by Gasteiger charge is -2.08. The summed E-state index contributed by atoms with van der Waals surface area (Å²) in [5.74, 6) is -0.317. The van der Waals surface area contributed by atoms with Crippen molar-refractivity contribution >= 4 is 29.1 Å². The third-order valence-corrected chi connectivity index (χ3v) is 3.16. The summed E-state index contributed by atoms with van der Waals surface area (Å²) in [6.45, 7) is -0.404.